The molecule has 2 unspecified atom stereocenters. The zero-order valence-electron chi connectivity index (χ0n) is 12.2. The van der Waals surface area contributed by atoms with E-state index >= 15 is 0 Å². The Hall–Kier alpha value is -0.410. The first kappa shape index (κ1) is 15.6. The molecular formula is C15H29NO2. The minimum Gasteiger partial charge on any atom is -0.378 e. The number of hydrogen-bond donors (Lipinski definition) is 1. The van der Waals surface area contributed by atoms with Gasteiger partial charge in [0.25, 0.3) is 0 Å². The van der Waals surface area contributed by atoms with Crippen LogP contribution in [0.3, 0.4) is 0 Å². The van der Waals surface area contributed by atoms with Gasteiger partial charge in [0.2, 0.25) is 0 Å². The molecule has 1 fully saturated rings. The van der Waals surface area contributed by atoms with Crippen LogP contribution >= 0.6 is 0 Å². The highest BCUT2D eigenvalue weighted by Gasteiger charge is 2.19. The predicted octanol–water partition coefficient (Wildman–Crippen LogP) is 3.06. The van der Waals surface area contributed by atoms with E-state index in [1.165, 1.54) is 6.42 Å². The van der Waals surface area contributed by atoms with Crippen LogP contribution in [0.15, 0.2) is 0 Å². The summed E-state index contributed by atoms with van der Waals surface area (Å²) in [5, 5.41) is 0. The first-order valence-electron chi connectivity index (χ1n) is 7.26. The standard InChI is InChI=1S/C15H29NO2/c1-15(2,3)11-12(16)10-13(17)6-4-7-14-8-5-9-18-14/h12,14H,4-11,16H2,1-3H3. The van der Waals surface area contributed by atoms with Crippen molar-refractivity contribution in [2.75, 3.05) is 6.61 Å². The van der Waals surface area contributed by atoms with Crippen molar-refractivity contribution in [2.24, 2.45) is 11.1 Å². The molecule has 0 amide bonds. The van der Waals surface area contributed by atoms with Crippen molar-refractivity contribution in [3.63, 3.8) is 0 Å². The second-order valence-corrected chi connectivity index (χ2v) is 6.79. The van der Waals surface area contributed by atoms with Gasteiger partial charge >= 0.3 is 0 Å². The van der Waals surface area contributed by atoms with Crippen LogP contribution in [0.2, 0.25) is 0 Å². The Morgan fingerprint density at radius 3 is 2.72 bits per heavy atom. The van der Waals surface area contributed by atoms with E-state index in [-0.39, 0.29) is 11.5 Å². The van der Waals surface area contributed by atoms with Crippen molar-refractivity contribution >= 4 is 5.78 Å². The minimum atomic E-state index is 0.0141. The lowest BCUT2D eigenvalue weighted by molar-refractivity contribution is -0.119. The molecule has 106 valence electrons. The Morgan fingerprint density at radius 1 is 1.44 bits per heavy atom. The fourth-order valence-corrected chi connectivity index (χ4v) is 2.65. The molecule has 1 heterocycles. The minimum absolute atomic E-state index is 0.0141. The second kappa shape index (κ2) is 7.25. The third-order valence-electron chi connectivity index (χ3n) is 3.37. The molecule has 1 saturated heterocycles. The Labute approximate surface area is 111 Å². The molecule has 0 radical (unpaired) electrons. The van der Waals surface area contributed by atoms with E-state index in [9.17, 15) is 4.79 Å². The van der Waals surface area contributed by atoms with Gasteiger partial charge < -0.3 is 10.5 Å². The van der Waals surface area contributed by atoms with Crippen molar-refractivity contribution < 1.29 is 9.53 Å². The Balaban J connectivity index is 2.09. The van der Waals surface area contributed by atoms with Gasteiger partial charge in [-0.05, 0) is 37.5 Å². The number of carbonyl (C=O) groups is 1. The van der Waals surface area contributed by atoms with Crippen LogP contribution in [0.5, 0.6) is 0 Å². The van der Waals surface area contributed by atoms with E-state index in [1.807, 2.05) is 0 Å². The fourth-order valence-electron chi connectivity index (χ4n) is 2.65. The van der Waals surface area contributed by atoms with Gasteiger partial charge in [0.1, 0.15) is 5.78 Å². The Kier molecular flexibility index (Phi) is 6.30. The van der Waals surface area contributed by atoms with Gasteiger partial charge in [-0.15, -0.1) is 0 Å². The fraction of sp³-hybridized carbons (Fsp3) is 0.933. The monoisotopic (exact) mass is 255 g/mol. The molecular weight excluding hydrogens is 226 g/mol. The maximum absolute atomic E-state index is 11.8. The highest BCUT2D eigenvalue weighted by atomic mass is 16.5. The summed E-state index contributed by atoms with van der Waals surface area (Å²) in [5.41, 5.74) is 6.21. The van der Waals surface area contributed by atoms with Crippen LogP contribution in [0.1, 0.15) is 65.7 Å². The average Bonchev–Trinajstić information content (AvgIpc) is 2.66. The molecule has 3 nitrogen and oxygen atoms in total. The zero-order chi connectivity index (χ0) is 13.6. The average molecular weight is 255 g/mol. The van der Waals surface area contributed by atoms with Crippen molar-refractivity contribution in [1.29, 1.82) is 0 Å². The number of ketones is 1. The molecule has 0 aromatic carbocycles. The molecule has 2 atom stereocenters. The Morgan fingerprint density at radius 2 is 2.17 bits per heavy atom. The van der Waals surface area contributed by atoms with Gasteiger partial charge in [0, 0.05) is 25.5 Å². The lowest BCUT2D eigenvalue weighted by atomic mass is 9.86. The first-order chi connectivity index (χ1) is 8.37. The van der Waals surface area contributed by atoms with Crippen molar-refractivity contribution in [1.82, 2.24) is 0 Å². The first-order valence-corrected chi connectivity index (χ1v) is 7.26. The van der Waals surface area contributed by atoms with E-state index in [4.69, 9.17) is 10.5 Å². The summed E-state index contributed by atoms with van der Waals surface area (Å²) >= 11 is 0. The Bertz CT molecular complexity index is 252. The van der Waals surface area contributed by atoms with Crippen LogP contribution in [-0.4, -0.2) is 24.5 Å². The largest absolute Gasteiger partial charge is 0.378 e. The van der Waals surface area contributed by atoms with Crippen molar-refractivity contribution in [3.05, 3.63) is 0 Å². The SMILES string of the molecule is CC(C)(C)CC(N)CC(=O)CCCC1CCCO1. The van der Waals surface area contributed by atoms with Crippen molar-refractivity contribution in [3.8, 4) is 0 Å². The summed E-state index contributed by atoms with van der Waals surface area (Å²) < 4.78 is 5.55. The molecule has 1 aliphatic rings. The maximum Gasteiger partial charge on any atom is 0.134 e. The van der Waals surface area contributed by atoms with Gasteiger partial charge in [-0.25, -0.2) is 0 Å². The van der Waals surface area contributed by atoms with Gasteiger partial charge in [0.05, 0.1) is 6.10 Å². The summed E-state index contributed by atoms with van der Waals surface area (Å²) in [6.45, 7) is 7.38. The smallest absolute Gasteiger partial charge is 0.134 e. The highest BCUT2D eigenvalue weighted by Crippen LogP contribution is 2.22. The molecule has 1 rings (SSSR count). The van der Waals surface area contributed by atoms with E-state index in [2.05, 4.69) is 20.8 Å². The van der Waals surface area contributed by atoms with E-state index in [1.54, 1.807) is 0 Å². The summed E-state index contributed by atoms with van der Waals surface area (Å²) in [6, 6.07) is 0.0141. The van der Waals surface area contributed by atoms with Gasteiger partial charge in [-0.3, -0.25) is 4.79 Å². The van der Waals surface area contributed by atoms with Crippen LogP contribution in [0, 0.1) is 5.41 Å². The molecule has 3 heteroatoms. The van der Waals surface area contributed by atoms with E-state index < -0.39 is 0 Å². The molecule has 0 aromatic heterocycles. The number of rotatable bonds is 7. The van der Waals surface area contributed by atoms with Crippen LogP contribution < -0.4 is 5.73 Å². The molecule has 0 spiro atoms. The summed E-state index contributed by atoms with van der Waals surface area (Å²) in [4.78, 5) is 11.8. The predicted molar refractivity (Wildman–Crippen MR) is 74.5 cm³/mol. The molecule has 18 heavy (non-hydrogen) atoms. The number of Topliss-reactive ketones (excluding diaryl/α,β-unsaturated/α-hetero) is 1. The van der Waals surface area contributed by atoms with E-state index in [0.717, 1.165) is 32.3 Å². The van der Waals surface area contributed by atoms with Gasteiger partial charge in [0.15, 0.2) is 0 Å². The third kappa shape index (κ3) is 7.12. The van der Waals surface area contributed by atoms with E-state index in [0.29, 0.717) is 24.7 Å². The lowest BCUT2D eigenvalue weighted by Gasteiger charge is -2.22. The number of ether oxygens (including phenoxy) is 1. The lowest BCUT2D eigenvalue weighted by Crippen LogP contribution is -2.28. The van der Waals surface area contributed by atoms with Crippen molar-refractivity contribution in [2.45, 2.75) is 77.9 Å². The summed E-state index contributed by atoms with van der Waals surface area (Å²) in [7, 11) is 0. The molecule has 0 saturated carbocycles. The topological polar surface area (TPSA) is 52.3 Å². The van der Waals surface area contributed by atoms with Crippen LogP contribution in [-0.2, 0) is 9.53 Å². The number of nitrogens with two attached hydrogens (primary N) is 1. The second-order valence-electron chi connectivity index (χ2n) is 6.79. The van der Waals surface area contributed by atoms with Crippen LogP contribution in [0.4, 0.5) is 0 Å². The maximum atomic E-state index is 11.8. The normalized spacial score (nSPS) is 22.1. The molecule has 0 aliphatic carbocycles. The number of hydrogen-bond acceptors (Lipinski definition) is 3. The van der Waals surface area contributed by atoms with Gasteiger partial charge in [-0.1, -0.05) is 20.8 Å². The highest BCUT2D eigenvalue weighted by molar-refractivity contribution is 5.78. The molecule has 0 bridgehead atoms. The summed E-state index contributed by atoms with van der Waals surface area (Å²) in [6.07, 6.45) is 6.82. The quantitative estimate of drug-likeness (QED) is 0.760. The molecule has 1 aliphatic heterocycles. The third-order valence-corrected chi connectivity index (χ3v) is 3.37. The zero-order valence-corrected chi connectivity index (χ0v) is 12.2. The number of carbonyl (C=O) groups excluding carboxylic acids is 1. The van der Waals surface area contributed by atoms with Gasteiger partial charge in [-0.2, -0.15) is 0 Å². The van der Waals surface area contributed by atoms with Crippen LogP contribution in [0.25, 0.3) is 0 Å². The summed E-state index contributed by atoms with van der Waals surface area (Å²) in [5.74, 6) is 0.310. The molecule has 2 N–H and O–H groups in total. The molecule has 0 aromatic rings.